The zero-order chi connectivity index (χ0) is 8.27. The topological polar surface area (TPSA) is 12.5 Å². The van der Waals surface area contributed by atoms with Crippen LogP contribution in [-0.2, 0) is 4.74 Å². The Bertz CT molecular complexity index is 121. The highest BCUT2D eigenvalue weighted by atomic mass is 19.1. The van der Waals surface area contributed by atoms with Crippen molar-refractivity contribution in [3.05, 3.63) is 0 Å². The number of nitrogens with zero attached hydrogens (tertiary/aromatic N) is 1. The van der Waals surface area contributed by atoms with Gasteiger partial charge in [-0.25, -0.2) is 4.39 Å². The second kappa shape index (κ2) is 4.02. The summed E-state index contributed by atoms with van der Waals surface area (Å²) in [6, 6.07) is 0. The number of hydrogen-bond acceptors (Lipinski definition) is 2. The zero-order valence-electron chi connectivity index (χ0n) is 7.22. The molecule has 0 aromatic heterocycles. The Labute approximate surface area is 67.3 Å². The molecule has 1 aliphatic heterocycles. The summed E-state index contributed by atoms with van der Waals surface area (Å²) in [6.07, 6.45) is -0.129. The van der Waals surface area contributed by atoms with Gasteiger partial charge in [0.15, 0.2) is 0 Å². The van der Waals surface area contributed by atoms with Crippen LogP contribution in [0.15, 0.2) is 0 Å². The van der Waals surface area contributed by atoms with E-state index < -0.39 is 6.17 Å². The van der Waals surface area contributed by atoms with Gasteiger partial charge in [-0.3, -0.25) is 0 Å². The molecule has 0 aliphatic carbocycles. The molecule has 0 saturated carbocycles. The molecule has 1 heterocycles. The Hall–Kier alpha value is -0.150. The Balaban J connectivity index is 2.31. The summed E-state index contributed by atoms with van der Waals surface area (Å²) in [5.41, 5.74) is 0. The van der Waals surface area contributed by atoms with Crippen molar-refractivity contribution in [1.29, 1.82) is 0 Å². The highest BCUT2D eigenvalue weighted by molar-refractivity contribution is 4.79. The van der Waals surface area contributed by atoms with Gasteiger partial charge in [-0.1, -0.05) is 0 Å². The van der Waals surface area contributed by atoms with E-state index in [2.05, 4.69) is 0 Å². The number of likely N-dealkylation sites (tertiary alicyclic amines) is 1. The van der Waals surface area contributed by atoms with Gasteiger partial charge < -0.3 is 9.64 Å². The minimum Gasteiger partial charge on any atom is -0.375 e. The van der Waals surface area contributed by atoms with Crippen LogP contribution < -0.4 is 0 Å². The van der Waals surface area contributed by atoms with Gasteiger partial charge in [0.05, 0.1) is 6.10 Å². The molecule has 0 spiro atoms. The van der Waals surface area contributed by atoms with E-state index >= 15 is 0 Å². The summed E-state index contributed by atoms with van der Waals surface area (Å²) in [5.74, 6) is 0. The molecule has 0 bridgehead atoms. The molecule has 2 atom stereocenters. The third-order valence-electron chi connectivity index (χ3n) is 2.07. The van der Waals surface area contributed by atoms with E-state index in [4.69, 9.17) is 4.74 Å². The predicted octanol–water partition coefficient (Wildman–Crippen LogP) is 1.07. The molecule has 1 rings (SSSR count). The van der Waals surface area contributed by atoms with Crippen LogP contribution in [-0.4, -0.2) is 43.9 Å². The molecule has 1 fully saturated rings. The average Bonchev–Trinajstić information content (AvgIpc) is 1.95. The van der Waals surface area contributed by atoms with Crippen molar-refractivity contribution in [2.75, 3.05) is 26.7 Å². The van der Waals surface area contributed by atoms with Crippen molar-refractivity contribution in [2.45, 2.75) is 25.6 Å². The van der Waals surface area contributed by atoms with Crippen molar-refractivity contribution >= 4 is 0 Å². The van der Waals surface area contributed by atoms with E-state index in [1.165, 1.54) is 0 Å². The van der Waals surface area contributed by atoms with Crippen molar-refractivity contribution < 1.29 is 9.13 Å². The fraction of sp³-hybridized carbons (Fsp3) is 1.00. The molecule has 0 radical (unpaired) electrons. The van der Waals surface area contributed by atoms with Gasteiger partial charge in [-0.05, 0) is 20.4 Å². The number of halogens is 1. The van der Waals surface area contributed by atoms with Crippen LogP contribution in [0.25, 0.3) is 0 Å². The normalized spacial score (nSPS) is 34.1. The first kappa shape index (κ1) is 8.94. The van der Waals surface area contributed by atoms with Crippen LogP contribution in [0, 0.1) is 0 Å². The van der Waals surface area contributed by atoms with Gasteiger partial charge in [-0.2, -0.15) is 0 Å². The van der Waals surface area contributed by atoms with Crippen LogP contribution in [0.5, 0.6) is 0 Å². The molecule has 0 N–H and O–H groups in total. The number of rotatable bonds is 2. The van der Waals surface area contributed by atoms with Crippen molar-refractivity contribution in [1.82, 2.24) is 4.90 Å². The SMILES string of the molecule is CCO[C@H]1CCN(C)C[C@@H]1F. The van der Waals surface area contributed by atoms with Crippen LogP contribution in [0.1, 0.15) is 13.3 Å². The fourth-order valence-electron chi connectivity index (χ4n) is 1.44. The summed E-state index contributed by atoms with van der Waals surface area (Å²) in [4.78, 5) is 2.00. The summed E-state index contributed by atoms with van der Waals surface area (Å²) in [6.45, 7) is 4.00. The monoisotopic (exact) mass is 161 g/mol. The van der Waals surface area contributed by atoms with Gasteiger partial charge in [0, 0.05) is 19.7 Å². The van der Waals surface area contributed by atoms with Crippen LogP contribution >= 0.6 is 0 Å². The largest absolute Gasteiger partial charge is 0.375 e. The molecule has 11 heavy (non-hydrogen) atoms. The summed E-state index contributed by atoms with van der Waals surface area (Å²) in [5, 5.41) is 0. The predicted molar refractivity (Wildman–Crippen MR) is 42.4 cm³/mol. The lowest BCUT2D eigenvalue weighted by molar-refractivity contribution is -0.0361. The second-order valence-electron chi connectivity index (χ2n) is 3.06. The summed E-state index contributed by atoms with van der Waals surface area (Å²) in [7, 11) is 1.94. The average molecular weight is 161 g/mol. The quantitative estimate of drug-likeness (QED) is 0.600. The first-order chi connectivity index (χ1) is 5.24. The van der Waals surface area contributed by atoms with E-state index in [1.807, 2.05) is 18.9 Å². The van der Waals surface area contributed by atoms with E-state index in [-0.39, 0.29) is 6.10 Å². The molecular weight excluding hydrogens is 145 g/mol. The van der Waals surface area contributed by atoms with Gasteiger partial charge in [-0.15, -0.1) is 0 Å². The fourth-order valence-corrected chi connectivity index (χ4v) is 1.44. The maximum atomic E-state index is 13.1. The molecule has 66 valence electrons. The maximum absolute atomic E-state index is 13.1. The highest BCUT2D eigenvalue weighted by Gasteiger charge is 2.27. The third kappa shape index (κ3) is 2.42. The molecule has 1 saturated heterocycles. The van der Waals surface area contributed by atoms with E-state index in [9.17, 15) is 4.39 Å². The third-order valence-corrected chi connectivity index (χ3v) is 2.07. The Morgan fingerprint density at radius 1 is 1.64 bits per heavy atom. The van der Waals surface area contributed by atoms with Crippen LogP contribution in [0.2, 0.25) is 0 Å². The highest BCUT2D eigenvalue weighted by Crippen LogP contribution is 2.15. The lowest BCUT2D eigenvalue weighted by Crippen LogP contribution is -2.43. The summed E-state index contributed by atoms with van der Waals surface area (Å²) < 4.78 is 18.4. The smallest absolute Gasteiger partial charge is 0.139 e. The van der Waals surface area contributed by atoms with E-state index in [0.717, 1.165) is 13.0 Å². The van der Waals surface area contributed by atoms with Crippen LogP contribution in [0.4, 0.5) is 4.39 Å². The van der Waals surface area contributed by atoms with Gasteiger partial charge in [0.1, 0.15) is 6.17 Å². The molecule has 0 aromatic rings. The van der Waals surface area contributed by atoms with Gasteiger partial charge in [0.2, 0.25) is 0 Å². The molecule has 0 unspecified atom stereocenters. The molecule has 0 aromatic carbocycles. The Morgan fingerprint density at radius 2 is 2.36 bits per heavy atom. The maximum Gasteiger partial charge on any atom is 0.139 e. The molecule has 1 aliphatic rings. The molecular formula is C8H16FNO. The van der Waals surface area contributed by atoms with E-state index in [0.29, 0.717) is 13.2 Å². The Morgan fingerprint density at radius 3 is 2.91 bits per heavy atom. The minimum absolute atomic E-state index is 0.156. The van der Waals surface area contributed by atoms with Gasteiger partial charge in [0.25, 0.3) is 0 Å². The molecule has 0 amide bonds. The lowest BCUT2D eigenvalue weighted by Gasteiger charge is -2.31. The van der Waals surface area contributed by atoms with Crippen molar-refractivity contribution in [3.8, 4) is 0 Å². The number of ether oxygens (including phenoxy) is 1. The van der Waals surface area contributed by atoms with Crippen molar-refractivity contribution in [3.63, 3.8) is 0 Å². The number of alkyl halides is 1. The van der Waals surface area contributed by atoms with E-state index in [1.54, 1.807) is 0 Å². The van der Waals surface area contributed by atoms with Crippen LogP contribution in [0.3, 0.4) is 0 Å². The Kier molecular flexibility index (Phi) is 3.27. The number of piperidine rings is 1. The van der Waals surface area contributed by atoms with Crippen molar-refractivity contribution in [2.24, 2.45) is 0 Å². The first-order valence-corrected chi connectivity index (χ1v) is 4.18. The molecule has 3 heteroatoms. The standard InChI is InChI=1S/C8H16FNO/c1-3-11-8-4-5-10(2)6-7(8)9/h7-8H,3-6H2,1-2H3/t7-,8-/m0/s1. The minimum atomic E-state index is -0.798. The first-order valence-electron chi connectivity index (χ1n) is 4.18. The summed E-state index contributed by atoms with van der Waals surface area (Å²) >= 11 is 0. The number of hydrogen-bond donors (Lipinski definition) is 0. The lowest BCUT2D eigenvalue weighted by atomic mass is 10.1. The zero-order valence-corrected chi connectivity index (χ0v) is 7.22. The second-order valence-corrected chi connectivity index (χ2v) is 3.06. The van der Waals surface area contributed by atoms with Gasteiger partial charge >= 0.3 is 0 Å². The molecule has 2 nitrogen and oxygen atoms in total.